The summed E-state index contributed by atoms with van der Waals surface area (Å²) in [6, 6.07) is 28.8. The van der Waals surface area contributed by atoms with Crippen molar-refractivity contribution in [2.75, 3.05) is 29.0 Å². The molecule has 3 aromatic carbocycles. The summed E-state index contributed by atoms with van der Waals surface area (Å²) in [6.07, 6.45) is 4.41. The van der Waals surface area contributed by atoms with Crippen molar-refractivity contribution in [2.45, 2.75) is 12.1 Å². The van der Waals surface area contributed by atoms with Gasteiger partial charge in [0, 0.05) is 29.4 Å². The van der Waals surface area contributed by atoms with Crippen LogP contribution >= 0.6 is 7.44 Å². The summed E-state index contributed by atoms with van der Waals surface area (Å²) >= 11 is 0. The Morgan fingerprint density at radius 1 is 0.844 bits per heavy atom. The average Bonchev–Trinajstić information content (AvgIpc) is 2.83. The van der Waals surface area contributed by atoms with Crippen LogP contribution in [0.1, 0.15) is 12.0 Å². The second kappa shape index (κ2) is 9.84. The first-order valence-electron chi connectivity index (χ1n) is 10.7. The van der Waals surface area contributed by atoms with Crippen molar-refractivity contribution in [3.63, 3.8) is 0 Å². The molecular formula is C25H26N3O3P. The normalized spacial score (nSPS) is 16.8. The van der Waals surface area contributed by atoms with Gasteiger partial charge in [0.1, 0.15) is 5.66 Å². The molecule has 164 valence electrons. The Morgan fingerprint density at radius 2 is 1.31 bits per heavy atom. The topological polar surface area (TPSA) is 66.7 Å². The molecule has 1 unspecified atom stereocenters. The van der Waals surface area contributed by atoms with Crippen LogP contribution < -0.4 is 9.34 Å². The van der Waals surface area contributed by atoms with Crippen molar-refractivity contribution in [3.8, 4) is 0 Å². The van der Waals surface area contributed by atoms with Crippen LogP contribution in [-0.4, -0.2) is 30.2 Å². The predicted molar refractivity (Wildman–Crippen MR) is 131 cm³/mol. The minimum absolute atomic E-state index is 0.361. The van der Waals surface area contributed by atoms with Gasteiger partial charge in [-0.15, -0.1) is 0 Å². The number of benzene rings is 3. The van der Waals surface area contributed by atoms with Crippen molar-refractivity contribution in [1.29, 1.82) is 0 Å². The van der Waals surface area contributed by atoms with E-state index in [1.54, 1.807) is 6.08 Å². The fourth-order valence-electron chi connectivity index (χ4n) is 4.15. The highest BCUT2D eigenvalue weighted by Gasteiger charge is 2.48. The molecule has 0 bridgehead atoms. The minimum atomic E-state index is -3.44. The molecule has 0 radical (unpaired) electrons. The zero-order valence-electron chi connectivity index (χ0n) is 17.7. The van der Waals surface area contributed by atoms with Crippen LogP contribution in [-0.2, 0) is 4.57 Å². The molecule has 3 aromatic rings. The lowest BCUT2D eigenvalue weighted by atomic mass is 10.2. The lowest BCUT2D eigenvalue weighted by Gasteiger charge is -2.47. The van der Waals surface area contributed by atoms with Crippen LogP contribution in [0.15, 0.2) is 97.1 Å². The maximum Gasteiger partial charge on any atom is 0.276 e. The summed E-state index contributed by atoms with van der Waals surface area (Å²) in [4.78, 5) is 11.3. The molecule has 0 amide bonds. The van der Waals surface area contributed by atoms with Crippen LogP contribution in [0.3, 0.4) is 0 Å². The summed E-state index contributed by atoms with van der Waals surface area (Å²) in [5, 5.41) is 11.7. The van der Waals surface area contributed by atoms with Crippen molar-refractivity contribution < 1.29 is 9.49 Å². The number of rotatable bonds is 7. The van der Waals surface area contributed by atoms with Gasteiger partial charge in [0.25, 0.3) is 7.44 Å². The molecule has 1 heterocycles. The van der Waals surface area contributed by atoms with E-state index in [0.29, 0.717) is 13.1 Å². The first kappa shape index (κ1) is 21.8. The molecular weight excluding hydrogens is 421 g/mol. The Balaban J connectivity index is 1.84. The fourth-order valence-corrected chi connectivity index (χ4v) is 7.57. The number of anilines is 2. The van der Waals surface area contributed by atoms with Gasteiger partial charge >= 0.3 is 0 Å². The van der Waals surface area contributed by atoms with E-state index in [0.717, 1.165) is 23.4 Å². The summed E-state index contributed by atoms with van der Waals surface area (Å²) in [7, 11) is -3.44. The smallest absolute Gasteiger partial charge is 0.276 e. The summed E-state index contributed by atoms with van der Waals surface area (Å²) in [5.41, 5.74) is 1.77. The Labute approximate surface area is 188 Å². The lowest BCUT2D eigenvalue weighted by Crippen LogP contribution is -2.44. The van der Waals surface area contributed by atoms with E-state index in [4.69, 9.17) is 0 Å². The zero-order chi connectivity index (χ0) is 22.4. The van der Waals surface area contributed by atoms with E-state index in [-0.39, 0.29) is 4.92 Å². The van der Waals surface area contributed by atoms with Gasteiger partial charge in [0.2, 0.25) is 6.54 Å². The van der Waals surface area contributed by atoms with E-state index >= 15 is 4.57 Å². The van der Waals surface area contributed by atoms with Crippen LogP contribution in [0, 0.1) is 10.1 Å². The highest BCUT2D eigenvalue weighted by Crippen LogP contribution is 2.62. The Bertz CT molecular complexity index is 1060. The first-order valence-corrected chi connectivity index (χ1v) is 12.4. The van der Waals surface area contributed by atoms with Crippen LogP contribution in [0.25, 0.3) is 6.08 Å². The van der Waals surface area contributed by atoms with Gasteiger partial charge in [-0.05, 0) is 36.2 Å². The molecule has 1 fully saturated rings. The van der Waals surface area contributed by atoms with E-state index in [1.807, 2.05) is 106 Å². The van der Waals surface area contributed by atoms with Gasteiger partial charge in [-0.25, -0.2) is 0 Å². The molecule has 7 heteroatoms. The molecule has 0 spiro atoms. The molecule has 1 aliphatic heterocycles. The third kappa shape index (κ3) is 4.61. The van der Waals surface area contributed by atoms with Gasteiger partial charge in [-0.2, -0.15) is 0 Å². The number of nitro groups is 1. The Morgan fingerprint density at radius 3 is 1.78 bits per heavy atom. The summed E-state index contributed by atoms with van der Waals surface area (Å²) in [6.45, 7) is 0.753. The van der Waals surface area contributed by atoms with E-state index in [9.17, 15) is 10.1 Å². The van der Waals surface area contributed by atoms with E-state index in [1.165, 1.54) is 0 Å². The zero-order valence-corrected chi connectivity index (χ0v) is 18.6. The molecule has 1 aliphatic rings. The molecule has 6 nitrogen and oxygen atoms in total. The largest absolute Gasteiger partial charge is 0.306 e. The maximum absolute atomic E-state index is 15.0. The third-order valence-corrected chi connectivity index (χ3v) is 9.06. The standard InChI is InChI=1S/C25H26N3O3P/c29-28(30)21-25(18-17-22-11-4-1-5-12-22)32(31)26(23-13-6-2-7-14-23)19-10-20-27(32)24-15-8-3-9-16-24/h1-9,11-18,25H,10,19-21H2/b18-17+. The third-order valence-electron chi connectivity index (χ3n) is 5.62. The second-order valence-electron chi connectivity index (χ2n) is 7.71. The number of para-hydroxylation sites is 2. The van der Waals surface area contributed by atoms with Crippen LogP contribution in [0.2, 0.25) is 0 Å². The SMILES string of the molecule is O=[N+]([O-])CC(/C=C/c1ccccc1)P1(=O)N(c2ccccc2)CCCN1c1ccccc1. The number of hydrogen-bond donors (Lipinski definition) is 0. The first-order chi connectivity index (χ1) is 15.6. The molecule has 0 aliphatic carbocycles. The monoisotopic (exact) mass is 447 g/mol. The van der Waals surface area contributed by atoms with Crippen LogP contribution in [0.4, 0.5) is 11.4 Å². The number of nitrogens with zero attached hydrogens (tertiary/aromatic N) is 3. The average molecular weight is 447 g/mol. The molecule has 0 saturated carbocycles. The molecule has 1 atom stereocenters. The fraction of sp³-hybridized carbons (Fsp3) is 0.200. The lowest BCUT2D eigenvalue weighted by molar-refractivity contribution is -0.477. The highest BCUT2D eigenvalue weighted by molar-refractivity contribution is 7.68. The van der Waals surface area contributed by atoms with E-state index in [2.05, 4.69) is 0 Å². The quantitative estimate of drug-likeness (QED) is 0.254. The van der Waals surface area contributed by atoms with Gasteiger partial charge in [0.05, 0.1) is 0 Å². The Kier molecular flexibility index (Phi) is 6.72. The summed E-state index contributed by atoms with van der Waals surface area (Å²) in [5.74, 6) is 0. The van der Waals surface area contributed by atoms with Crippen LogP contribution in [0.5, 0.6) is 0 Å². The highest BCUT2D eigenvalue weighted by atomic mass is 31.2. The molecule has 0 aromatic heterocycles. The van der Waals surface area contributed by atoms with Crippen molar-refractivity contribution in [2.24, 2.45) is 0 Å². The Hall–Kier alpha value is -3.37. The van der Waals surface area contributed by atoms with Gasteiger partial charge < -0.3 is 9.34 Å². The van der Waals surface area contributed by atoms with Crippen molar-refractivity contribution in [1.82, 2.24) is 0 Å². The predicted octanol–water partition coefficient (Wildman–Crippen LogP) is 5.96. The van der Waals surface area contributed by atoms with Gasteiger partial charge in [-0.3, -0.25) is 14.7 Å². The van der Waals surface area contributed by atoms with Gasteiger partial charge in [-0.1, -0.05) is 78.9 Å². The second-order valence-corrected chi connectivity index (χ2v) is 10.5. The molecule has 4 rings (SSSR count). The summed E-state index contributed by atoms with van der Waals surface area (Å²) < 4.78 is 18.8. The maximum atomic E-state index is 15.0. The minimum Gasteiger partial charge on any atom is -0.306 e. The van der Waals surface area contributed by atoms with Gasteiger partial charge in [0.15, 0.2) is 0 Å². The van der Waals surface area contributed by atoms with Crippen molar-refractivity contribution >= 4 is 24.9 Å². The molecule has 1 saturated heterocycles. The molecule has 0 N–H and O–H groups in total. The number of hydrogen-bond acceptors (Lipinski definition) is 3. The van der Waals surface area contributed by atoms with E-state index < -0.39 is 19.6 Å². The molecule has 32 heavy (non-hydrogen) atoms. The van der Waals surface area contributed by atoms with Crippen molar-refractivity contribution in [3.05, 3.63) is 113 Å².